The fourth-order valence-electron chi connectivity index (χ4n) is 0.844. The fourth-order valence-corrected chi connectivity index (χ4v) is 0.844. The number of carboxylic acid groups (broad SMARTS) is 1. The van der Waals surface area contributed by atoms with Gasteiger partial charge in [-0.3, -0.25) is 9.59 Å². The summed E-state index contributed by atoms with van der Waals surface area (Å²) in [7, 11) is 0. The zero-order chi connectivity index (χ0) is 11.1. The number of aliphatic carboxylic acids is 1. The summed E-state index contributed by atoms with van der Waals surface area (Å²) in [4.78, 5) is 21.5. The zero-order valence-corrected chi connectivity index (χ0v) is 8.10. The molecule has 0 aromatic heterocycles. The van der Waals surface area contributed by atoms with Gasteiger partial charge in [-0.25, -0.2) is 0 Å². The van der Waals surface area contributed by atoms with Crippen molar-refractivity contribution in [2.24, 2.45) is 11.7 Å². The predicted molar refractivity (Wildman–Crippen MR) is 50.5 cm³/mol. The number of esters is 1. The molecule has 0 aromatic carbocycles. The Morgan fingerprint density at radius 2 is 2.21 bits per heavy atom. The third-order valence-electron chi connectivity index (χ3n) is 1.75. The van der Waals surface area contributed by atoms with E-state index in [2.05, 4.69) is 11.3 Å². The minimum Gasteiger partial charge on any atom is -0.480 e. The Kier molecular flexibility index (Phi) is 5.55. The van der Waals surface area contributed by atoms with Crippen LogP contribution in [0, 0.1) is 5.92 Å². The molecule has 1 unspecified atom stereocenters. The molecule has 3 N–H and O–H groups in total. The number of nitrogens with two attached hydrogens (primary N) is 1. The van der Waals surface area contributed by atoms with Gasteiger partial charge in [0.2, 0.25) is 0 Å². The van der Waals surface area contributed by atoms with Crippen molar-refractivity contribution in [2.45, 2.75) is 19.4 Å². The molecule has 5 nitrogen and oxygen atoms in total. The van der Waals surface area contributed by atoms with Gasteiger partial charge in [-0.15, -0.1) is 0 Å². The lowest BCUT2D eigenvalue weighted by Gasteiger charge is -2.14. The number of hydrogen-bond acceptors (Lipinski definition) is 4. The lowest BCUT2D eigenvalue weighted by Crippen LogP contribution is -2.37. The van der Waals surface area contributed by atoms with Gasteiger partial charge >= 0.3 is 11.9 Å². The summed E-state index contributed by atoms with van der Waals surface area (Å²) in [6.45, 7) is 5.10. The van der Waals surface area contributed by atoms with Gasteiger partial charge in [0, 0.05) is 0 Å². The van der Waals surface area contributed by atoms with Crippen LogP contribution in [0.3, 0.4) is 0 Å². The molecule has 0 amide bonds. The highest BCUT2D eigenvalue weighted by atomic mass is 16.5. The summed E-state index contributed by atoms with van der Waals surface area (Å²) in [6.07, 6.45) is 1.45. The van der Waals surface area contributed by atoms with Gasteiger partial charge in [0.1, 0.15) is 12.6 Å². The molecule has 0 heterocycles. The average Bonchev–Trinajstić information content (AvgIpc) is 2.13. The number of carbonyl (C=O) groups excluding carboxylic acids is 1. The molecule has 2 atom stereocenters. The van der Waals surface area contributed by atoms with Crippen LogP contribution >= 0.6 is 0 Å². The van der Waals surface area contributed by atoms with Gasteiger partial charge in [0.25, 0.3) is 0 Å². The molecule has 0 fully saturated rings. The van der Waals surface area contributed by atoms with E-state index in [1.165, 1.54) is 6.08 Å². The number of rotatable bonds is 6. The third kappa shape index (κ3) is 4.61. The molecule has 0 rings (SSSR count). The lowest BCUT2D eigenvalue weighted by atomic mass is 9.99. The smallest absolute Gasteiger partial charge is 0.320 e. The quantitative estimate of drug-likeness (QED) is 0.471. The van der Waals surface area contributed by atoms with Crippen molar-refractivity contribution >= 4 is 11.9 Å². The molecular formula is C9H15NO4. The average molecular weight is 201 g/mol. The van der Waals surface area contributed by atoms with Crippen LogP contribution < -0.4 is 5.73 Å². The van der Waals surface area contributed by atoms with Crippen LogP contribution in [0.25, 0.3) is 0 Å². The molecule has 0 aromatic rings. The number of carboxylic acids is 1. The molecular weight excluding hydrogens is 186 g/mol. The molecule has 0 bridgehead atoms. The van der Waals surface area contributed by atoms with Crippen molar-refractivity contribution in [2.75, 3.05) is 6.61 Å². The summed E-state index contributed by atoms with van der Waals surface area (Å²) < 4.78 is 4.69. The Labute approximate surface area is 82.5 Å². The van der Waals surface area contributed by atoms with E-state index < -0.39 is 23.9 Å². The predicted octanol–water partition coefficient (Wildman–Crippen LogP) is 0.154. The van der Waals surface area contributed by atoms with E-state index in [0.717, 1.165) is 0 Å². The monoisotopic (exact) mass is 201 g/mol. The van der Waals surface area contributed by atoms with Crippen LogP contribution in [-0.4, -0.2) is 29.7 Å². The Balaban J connectivity index is 3.92. The second kappa shape index (κ2) is 6.15. The van der Waals surface area contributed by atoms with E-state index in [4.69, 9.17) is 10.8 Å². The van der Waals surface area contributed by atoms with Crippen molar-refractivity contribution in [1.29, 1.82) is 0 Å². The van der Waals surface area contributed by atoms with Gasteiger partial charge in [-0.1, -0.05) is 19.6 Å². The summed E-state index contributed by atoms with van der Waals surface area (Å²) in [5.41, 5.74) is 5.31. The zero-order valence-electron chi connectivity index (χ0n) is 8.10. The number of ether oxygens (including phenoxy) is 1. The summed E-state index contributed by atoms with van der Waals surface area (Å²) in [6, 6.07) is -1.04. The van der Waals surface area contributed by atoms with Gasteiger partial charge in [0.15, 0.2) is 0 Å². The maximum absolute atomic E-state index is 11.0. The van der Waals surface area contributed by atoms with Crippen LogP contribution in [-0.2, 0) is 14.3 Å². The van der Waals surface area contributed by atoms with E-state index in [-0.39, 0.29) is 13.0 Å². The molecule has 0 radical (unpaired) electrons. The molecule has 0 aliphatic carbocycles. The van der Waals surface area contributed by atoms with Gasteiger partial charge < -0.3 is 15.6 Å². The Bertz CT molecular complexity index is 227. The van der Waals surface area contributed by atoms with Crippen LogP contribution in [0.4, 0.5) is 0 Å². The third-order valence-corrected chi connectivity index (χ3v) is 1.75. The topological polar surface area (TPSA) is 89.6 Å². The molecule has 5 heteroatoms. The Morgan fingerprint density at radius 3 is 2.64 bits per heavy atom. The molecule has 80 valence electrons. The first kappa shape index (κ1) is 12.6. The van der Waals surface area contributed by atoms with Crippen LogP contribution in [0.2, 0.25) is 0 Å². The second-order valence-electron chi connectivity index (χ2n) is 3.02. The number of hydrogen-bond donors (Lipinski definition) is 2. The largest absolute Gasteiger partial charge is 0.480 e. The highest BCUT2D eigenvalue weighted by molar-refractivity contribution is 5.76. The van der Waals surface area contributed by atoms with Crippen molar-refractivity contribution in [1.82, 2.24) is 0 Å². The molecule has 14 heavy (non-hydrogen) atoms. The SMILES string of the molecule is C=CCOC(=O)CC(C)[C@H](N)C(=O)O. The first-order chi connectivity index (χ1) is 6.49. The Hall–Kier alpha value is -1.36. The first-order valence-corrected chi connectivity index (χ1v) is 4.24. The van der Waals surface area contributed by atoms with Gasteiger partial charge in [0.05, 0.1) is 6.42 Å². The summed E-state index contributed by atoms with van der Waals surface area (Å²) >= 11 is 0. The maximum Gasteiger partial charge on any atom is 0.320 e. The van der Waals surface area contributed by atoms with E-state index in [9.17, 15) is 9.59 Å². The summed E-state index contributed by atoms with van der Waals surface area (Å²) in [5.74, 6) is -2.02. The van der Waals surface area contributed by atoms with Crippen LogP contribution in [0.15, 0.2) is 12.7 Å². The molecule has 0 spiro atoms. The lowest BCUT2D eigenvalue weighted by molar-refractivity contribution is -0.144. The highest BCUT2D eigenvalue weighted by Crippen LogP contribution is 2.07. The first-order valence-electron chi connectivity index (χ1n) is 4.24. The van der Waals surface area contributed by atoms with Crippen molar-refractivity contribution in [3.05, 3.63) is 12.7 Å². The van der Waals surface area contributed by atoms with Crippen molar-refractivity contribution < 1.29 is 19.4 Å². The van der Waals surface area contributed by atoms with E-state index in [0.29, 0.717) is 0 Å². The standard InChI is InChI=1S/C9H15NO4/c1-3-4-14-7(11)5-6(2)8(10)9(12)13/h3,6,8H,1,4-5,10H2,2H3,(H,12,13)/t6?,8-/m0/s1. The van der Waals surface area contributed by atoms with Crippen LogP contribution in [0.5, 0.6) is 0 Å². The van der Waals surface area contributed by atoms with E-state index in [1.54, 1.807) is 6.92 Å². The second-order valence-corrected chi connectivity index (χ2v) is 3.02. The normalized spacial score (nSPS) is 14.1. The van der Waals surface area contributed by atoms with Gasteiger partial charge in [-0.2, -0.15) is 0 Å². The molecule has 0 saturated carbocycles. The van der Waals surface area contributed by atoms with E-state index in [1.807, 2.05) is 0 Å². The van der Waals surface area contributed by atoms with Crippen molar-refractivity contribution in [3.63, 3.8) is 0 Å². The highest BCUT2D eigenvalue weighted by Gasteiger charge is 2.22. The minimum atomic E-state index is -1.12. The summed E-state index contributed by atoms with van der Waals surface area (Å²) in [5, 5.41) is 8.55. The van der Waals surface area contributed by atoms with Crippen molar-refractivity contribution in [3.8, 4) is 0 Å². The molecule has 0 aliphatic heterocycles. The Morgan fingerprint density at radius 1 is 1.64 bits per heavy atom. The molecule has 0 saturated heterocycles. The minimum absolute atomic E-state index is 0.00130. The molecule has 0 aliphatic rings. The maximum atomic E-state index is 11.0. The fraction of sp³-hybridized carbons (Fsp3) is 0.556. The van der Waals surface area contributed by atoms with Gasteiger partial charge in [-0.05, 0) is 5.92 Å². The van der Waals surface area contributed by atoms with Crippen LogP contribution in [0.1, 0.15) is 13.3 Å². The number of carbonyl (C=O) groups is 2. The van der Waals surface area contributed by atoms with E-state index >= 15 is 0 Å².